The second-order valence-corrected chi connectivity index (χ2v) is 9.42. The highest BCUT2D eigenvalue weighted by atomic mass is 32.1. The predicted molar refractivity (Wildman–Crippen MR) is 127 cm³/mol. The van der Waals surface area contributed by atoms with Crippen LogP contribution in [0.5, 0.6) is 0 Å². The number of alkyl halides is 3. The summed E-state index contributed by atoms with van der Waals surface area (Å²) >= 11 is 1.42. The van der Waals surface area contributed by atoms with Crippen LogP contribution in [-0.2, 0) is 0 Å². The molecule has 0 amide bonds. The molecule has 0 radical (unpaired) electrons. The maximum absolute atomic E-state index is 14.0. The van der Waals surface area contributed by atoms with E-state index in [-0.39, 0.29) is 23.8 Å². The van der Waals surface area contributed by atoms with Gasteiger partial charge >= 0.3 is 6.18 Å². The highest BCUT2D eigenvalue weighted by molar-refractivity contribution is 7.10. The molecule has 1 aromatic carbocycles. The normalized spacial score (nSPS) is 18.0. The molecule has 9 nitrogen and oxygen atoms in total. The first kappa shape index (κ1) is 21.1. The Labute approximate surface area is 204 Å². The summed E-state index contributed by atoms with van der Waals surface area (Å²) in [7, 11) is 0. The number of hydrogen-bond acceptors (Lipinski definition) is 7. The van der Waals surface area contributed by atoms with Crippen molar-refractivity contribution in [1.29, 1.82) is 0 Å². The van der Waals surface area contributed by atoms with Gasteiger partial charge in [-0.05, 0) is 23.6 Å². The fourth-order valence-electron chi connectivity index (χ4n) is 4.55. The van der Waals surface area contributed by atoms with Crippen LogP contribution >= 0.6 is 11.3 Å². The fourth-order valence-corrected chi connectivity index (χ4v) is 5.34. The number of rotatable bonds is 3. The van der Waals surface area contributed by atoms with Crippen LogP contribution in [0.2, 0.25) is 0 Å². The van der Waals surface area contributed by atoms with Crippen molar-refractivity contribution in [3.8, 4) is 17.2 Å². The van der Waals surface area contributed by atoms with Gasteiger partial charge in [-0.15, -0.1) is 16.4 Å². The van der Waals surface area contributed by atoms with Gasteiger partial charge in [-0.25, -0.2) is 23.8 Å². The number of aromatic nitrogens is 8. The number of thiophene rings is 1. The standard InChI is InChI=1S/C23H16F3N9S/c24-23(25,26)18-9-15(17-7-4-8-36-17)29-19-10-16(31-35(18)19)20-30-22-14-11-28-34(13-5-2-1-3-6-13)21(14)27-12-33(22)32-20/h1-8,10-12,15,18,29H,9H2/t15-,18-/m0/s1. The zero-order valence-corrected chi connectivity index (χ0v) is 19.1. The Kier molecular flexibility index (Phi) is 4.46. The quantitative estimate of drug-likeness (QED) is 0.361. The maximum atomic E-state index is 14.0. The van der Waals surface area contributed by atoms with Crippen LogP contribution in [0.15, 0.2) is 66.4 Å². The number of anilines is 1. The van der Waals surface area contributed by atoms with Gasteiger partial charge < -0.3 is 5.32 Å². The first-order valence-corrected chi connectivity index (χ1v) is 11.9. The van der Waals surface area contributed by atoms with E-state index in [4.69, 9.17) is 0 Å². The van der Waals surface area contributed by atoms with E-state index in [0.717, 1.165) is 15.2 Å². The van der Waals surface area contributed by atoms with Gasteiger partial charge in [-0.3, -0.25) is 0 Å². The van der Waals surface area contributed by atoms with Crippen molar-refractivity contribution in [3.05, 3.63) is 71.3 Å². The van der Waals surface area contributed by atoms with Gasteiger partial charge in [0, 0.05) is 17.4 Å². The minimum atomic E-state index is -4.45. The number of nitrogens with zero attached hydrogens (tertiary/aromatic N) is 8. The van der Waals surface area contributed by atoms with Gasteiger partial charge in [0.1, 0.15) is 17.8 Å². The SMILES string of the molecule is FC(F)(F)[C@@H]1C[C@@H](c2cccs2)Nc2cc(-c3nc4c5cnn(-c6ccccc6)c5ncn4n3)nn21. The molecule has 2 atom stereocenters. The van der Waals surface area contributed by atoms with Crippen LogP contribution < -0.4 is 5.32 Å². The van der Waals surface area contributed by atoms with Gasteiger partial charge in [0.15, 0.2) is 17.3 Å². The fraction of sp³-hybridized carbons (Fsp3) is 0.174. The van der Waals surface area contributed by atoms with E-state index in [1.54, 1.807) is 16.9 Å². The summed E-state index contributed by atoms with van der Waals surface area (Å²) in [5.74, 6) is 0.477. The third kappa shape index (κ3) is 3.26. The number of benzene rings is 1. The Balaban J connectivity index is 1.31. The molecule has 180 valence electrons. The highest BCUT2D eigenvalue weighted by Gasteiger charge is 2.47. The molecule has 1 aliphatic heterocycles. The molecule has 1 aliphatic rings. The number of para-hydroxylation sites is 1. The number of fused-ring (bicyclic) bond motifs is 4. The zero-order chi connectivity index (χ0) is 24.4. The molecule has 0 bridgehead atoms. The van der Waals surface area contributed by atoms with Crippen molar-refractivity contribution in [2.24, 2.45) is 0 Å². The molecule has 0 unspecified atom stereocenters. The van der Waals surface area contributed by atoms with Crippen LogP contribution in [0, 0.1) is 0 Å². The van der Waals surface area contributed by atoms with Gasteiger partial charge in [0.25, 0.3) is 0 Å². The summed E-state index contributed by atoms with van der Waals surface area (Å²) in [6.45, 7) is 0. The molecule has 0 aliphatic carbocycles. The van der Waals surface area contributed by atoms with E-state index in [0.29, 0.717) is 16.7 Å². The minimum absolute atomic E-state index is 0.153. The molecular formula is C23H16F3N9S. The summed E-state index contributed by atoms with van der Waals surface area (Å²) in [6, 6.07) is 12.6. The summed E-state index contributed by atoms with van der Waals surface area (Å²) in [6.07, 6.45) is -1.45. The van der Waals surface area contributed by atoms with Crippen molar-refractivity contribution >= 4 is 33.8 Å². The van der Waals surface area contributed by atoms with E-state index in [9.17, 15) is 13.2 Å². The van der Waals surface area contributed by atoms with Crippen LogP contribution in [-0.4, -0.2) is 45.3 Å². The van der Waals surface area contributed by atoms with Crippen molar-refractivity contribution in [2.75, 3.05) is 5.32 Å². The molecule has 0 fully saturated rings. The lowest BCUT2D eigenvalue weighted by molar-refractivity contribution is -0.173. The zero-order valence-electron chi connectivity index (χ0n) is 18.3. The van der Waals surface area contributed by atoms with E-state index in [1.807, 2.05) is 47.8 Å². The van der Waals surface area contributed by atoms with Crippen LogP contribution in [0.25, 0.3) is 33.9 Å². The van der Waals surface area contributed by atoms with E-state index in [2.05, 4.69) is 30.6 Å². The lowest BCUT2D eigenvalue weighted by Crippen LogP contribution is -2.35. The van der Waals surface area contributed by atoms with Gasteiger partial charge in [0.05, 0.1) is 23.3 Å². The van der Waals surface area contributed by atoms with E-state index >= 15 is 0 Å². The van der Waals surface area contributed by atoms with Crippen molar-refractivity contribution < 1.29 is 13.2 Å². The molecule has 13 heteroatoms. The van der Waals surface area contributed by atoms with Crippen LogP contribution in [0.1, 0.15) is 23.4 Å². The van der Waals surface area contributed by atoms with Crippen LogP contribution in [0.3, 0.4) is 0 Å². The lowest BCUT2D eigenvalue weighted by atomic mass is 10.0. The van der Waals surface area contributed by atoms with E-state index in [1.165, 1.54) is 22.2 Å². The highest BCUT2D eigenvalue weighted by Crippen LogP contribution is 2.45. The van der Waals surface area contributed by atoms with Crippen LogP contribution in [0.4, 0.5) is 19.0 Å². The first-order chi connectivity index (χ1) is 17.5. The van der Waals surface area contributed by atoms with Gasteiger partial charge in [0.2, 0.25) is 5.82 Å². The van der Waals surface area contributed by atoms with Crippen molar-refractivity contribution in [3.63, 3.8) is 0 Å². The maximum Gasteiger partial charge on any atom is 0.410 e. The third-order valence-electron chi connectivity index (χ3n) is 6.21. The molecule has 36 heavy (non-hydrogen) atoms. The molecule has 6 aromatic rings. The topological polar surface area (TPSA) is 90.8 Å². The summed E-state index contributed by atoms with van der Waals surface area (Å²) < 4.78 is 46.1. The molecule has 0 spiro atoms. The number of halogens is 3. The Bertz CT molecular complexity index is 1700. The molecule has 6 heterocycles. The second kappa shape index (κ2) is 7.62. The number of nitrogens with one attached hydrogen (secondary N) is 1. The Hall–Kier alpha value is -4.26. The first-order valence-electron chi connectivity index (χ1n) is 11.1. The van der Waals surface area contributed by atoms with Gasteiger partial charge in [-0.1, -0.05) is 24.3 Å². The second-order valence-electron chi connectivity index (χ2n) is 8.44. The largest absolute Gasteiger partial charge is 0.410 e. The van der Waals surface area contributed by atoms with E-state index < -0.39 is 18.3 Å². The van der Waals surface area contributed by atoms with Gasteiger partial charge in [-0.2, -0.15) is 23.4 Å². The molecule has 5 aromatic heterocycles. The summed E-state index contributed by atoms with van der Waals surface area (Å²) in [4.78, 5) is 9.91. The Morgan fingerprint density at radius 3 is 2.67 bits per heavy atom. The summed E-state index contributed by atoms with van der Waals surface area (Å²) in [5.41, 5.74) is 2.16. The monoisotopic (exact) mass is 507 g/mol. The Morgan fingerprint density at radius 1 is 1.03 bits per heavy atom. The third-order valence-corrected chi connectivity index (χ3v) is 7.20. The molecule has 0 saturated heterocycles. The molecule has 0 saturated carbocycles. The average molecular weight is 508 g/mol. The van der Waals surface area contributed by atoms with Crippen molar-refractivity contribution in [2.45, 2.75) is 24.7 Å². The summed E-state index contributed by atoms with van der Waals surface area (Å²) in [5, 5.41) is 18.9. The molecule has 1 N–H and O–H groups in total. The molecular weight excluding hydrogens is 491 g/mol. The molecule has 7 rings (SSSR count). The lowest BCUT2D eigenvalue weighted by Gasteiger charge is -2.32. The predicted octanol–water partition coefficient (Wildman–Crippen LogP) is 5.05. The minimum Gasteiger partial charge on any atom is -0.363 e. The van der Waals surface area contributed by atoms with Crippen molar-refractivity contribution in [1.82, 2.24) is 39.1 Å². The Morgan fingerprint density at radius 2 is 1.89 bits per heavy atom. The average Bonchev–Trinajstić information content (AvgIpc) is 3.66. The smallest absolute Gasteiger partial charge is 0.363 e. The number of hydrogen-bond donors (Lipinski definition) is 1.